The average molecular weight is 286 g/mol. The van der Waals surface area contributed by atoms with Gasteiger partial charge in [-0.25, -0.2) is 9.97 Å². The van der Waals surface area contributed by atoms with Gasteiger partial charge in [0.2, 0.25) is 5.88 Å². The average Bonchev–Trinajstić information content (AvgIpc) is 2.90. The zero-order valence-electron chi connectivity index (χ0n) is 11.0. The van der Waals surface area contributed by atoms with Crippen LogP contribution in [0.1, 0.15) is 17.4 Å². The maximum atomic E-state index is 10.3. The predicted octanol–water partition coefficient (Wildman–Crippen LogP) is 2.98. The van der Waals surface area contributed by atoms with E-state index in [-0.39, 0.29) is 0 Å². The molecule has 3 rings (SSSR count). The first-order valence-electron chi connectivity index (χ1n) is 6.27. The summed E-state index contributed by atoms with van der Waals surface area (Å²) in [5, 5.41) is 13.6. The molecule has 102 valence electrons. The highest BCUT2D eigenvalue weighted by atomic mass is 32.1. The largest absolute Gasteiger partial charge is 0.481 e. The van der Waals surface area contributed by atoms with Gasteiger partial charge in [-0.2, -0.15) is 0 Å². The molecule has 0 bridgehead atoms. The first-order valence-corrected chi connectivity index (χ1v) is 7.15. The molecule has 1 aromatic carbocycles. The lowest BCUT2D eigenvalue weighted by Gasteiger charge is -2.10. The van der Waals surface area contributed by atoms with Gasteiger partial charge in [-0.15, -0.1) is 11.3 Å². The second-order valence-electron chi connectivity index (χ2n) is 4.46. The van der Waals surface area contributed by atoms with E-state index in [1.54, 1.807) is 24.5 Å². The zero-order chi connectivity index (χ0) is 13.9. The van der Waals surface area contributed by atoms with Crippen LogP contribution in [0.25, 0.3) is 10.1 Å². The molecule has 0 spiro atoms. The van der Waals surface area contributed by atoms with Crippen molar-refractivity contribution in [1.29, 1.82) is 0 Å². The van der Waals surface area contributed by atoms with Gasteiger partial charge in [-0.05, 0) is 22.4 Å². The van der Waals surface area contributed by atoms with Crippen molar-refractivity contribution in [2.45, 2.75) is 12.5 Å². The maximum absolute atomic E-state index is 10.3. The number of benzene rings is 1. The molecule has 5 heteroatoms. The zero-order valence-corrected chi connectivity index (χ0v) is 11.8. The van der Waals surface area contributed by atoms with Crippen molar-refractivity contribution in [3.8, 4) is 5.88 Å². The molecule has 1 unspecified atom stereocenters. The Balaban J connectivity index is 1.86. The van der Waals surface area contributed by atoms with E-state index in [2.05, 4.69) is 27.5 Å². The molecule has 2 heterocycles. The molecule has 0 amide bonds. The number of aliphatic hydroxyl groups is 1. The molecular weight excluding hydrogens is 272 g/mol. The monoisotopic (exact) mass is 286 g/mol. The normalized spacial score (nSPS) is 12.5. The van der Waals surface area contributed by atoms with E-state index < -0.39 is 6.10 Å². The van der Waals surface area contributed by atoms with E-state index in [9.17, 15) is 5.11 Å². The third kappa shape index (κ3) is 2.50. The Bertz CT molecular complexity index is 726. The van der Waals surface area contributed by atoms with Crippen LogP contribution in [0.4, 0.5) is 0 Å². The molecule has 0 fully saturated rings. The highest BCUT2D eigenvalue weighted by Crippen LogP contribution is 2.29. The predicted molar refractivity (Wildman–Crippen MR) is 79.1 cm³/mol. The number of thiophene rings is 1. The number of nitrogens with zero attached hydrogens (tertiary/aromatic N) is 2. The van der Waals surface area contributed by atoms with Crippen molar-refractivity contribution in [2.24, 2.45) is 0 Å². The summed E-state index contributed by atoms with van der Waals surface area (Å²) in [5.74, 6) is 0.462. The Kier molecular flexibility index (Phi) is 3.62. The standard InChI is InChI=1S/C15H14N2O2S/c1-19-15-7-12(16-9-17-15)13(18)6-10-8-20-14-5-3-2-4-11(10)14/h2-5,7-9,13,18H,6H2,1H3. The van der Waals surface area contributed by atoms with E-state index in [4.69, 9.17) is 4.74 Å². The van der Waals surface area contributed by atoms with E-state index in [0.29, 0.717) is 18.0 Å². The molecule has 4 nitrogen and oxygen atoms in total. The van der Waals surface area contributed by atoms with Crippen LogP contribution in [0.2, 0.25) is 0 Å². The summed E-state index contributed by atoms with van der Waals surface area (Å²) in [6, 6.07) is 9.87. The van der Waals surface area contributed by atoms with E-state index in [1.165, 1.54) is 16.4 Å². The molecule has 0 aliphatic rings. The van der Waals surface area contributed by atoms with Crippen LogP contribution in [0, 0.1) is 0 Å². The number of aromatic nitrogens is 2. The fourth-order valence-corrected chi connectivity index (χ4v) is 3.13. The third-order valence-corrected chi connectivity index (χ3v) is 4.20. The Morgan fingerprint density at radius 1 is 1.30 bits per heavy atom. The number of aliphatic hydroxyl groups excluding tert-OH is 1. The lowest BCUT2D eigenvalue weighted by Crippen LogP contribution is -2.05. The molecule has 0 aliphatic heterocycles. The maximum Gasteiger partial charge on any atom is 0.216 e. The summed E-state index contributed by atoms with van der Waals surface area (Å²) >= 11 is 1.69. The van der Waals surface area contributed by atoms with Gasteiger partial charge in [0.15, 0.2) is 0 Å². The Morgan fingerprint density at radius 2 is 2.15 bits per heavy atom. The number of fused-ring (bicyclic) bond motifs is 1. The van der Waals surface area contributed by atoms with Gasteiger partial charge in [0, 0.05) is 17.2 Å². The molecular formula is C15H14N2O2S. The van der Waals surface area contributed by atoms with Crippen molar-refractivity contribution in [2.75, 3.05) is 7.11 Å². The summed E-state index contributed by atoms with van der Waals surface area (Å²) in [6.07, 6.45) is 1.28. The lowest BCUT2D eigenvalue weighted by atomic mass is 10.0. The first kappa shape index (κ1) is 13.0. The molecule has 0 aliphatic carbocycles. The summed E-state index contributed by atoms with van der Waals surface area (Å²) in [5.41, 5.74) is 1.71. The van der Waals surface area contributed by atoms with Crippen molar-refractivity contribution in [3.63, 3.8) is 0 Å². The molecule has 1 N–H and O–H groups in total. The van der Waals surface area contributed by atoms with E-state index >= 15 is 0 Å². The minimum Gasteiger partial charge on any atom is -0.481 e. The SMILES string of the molecule is COc1cc(C(O)Cc2csc3ccccc23)ncn1. The minimum absolute atomic E-state index is 0.462. The van der Waals surface area contributed by atoms with Gasteiger partial charge in [-0.3, -0.25) is 0 Å². The number of ether oxygens (including phenoxy) is 1. The number of hydrogen-bond donors (Lipinski definition) is 1. The molecule has 0 radical (unpaired) electrons. The molecule has 20 heavy (non-hydrogen) atoms. The fraction of sp³-hybridized carbons (Fsp3) is 0.200. The second-order valence-corrected chi connectivity index (χ2v) is 5.37. The third-order valence-electron chi connectivity index (χ3n) is 3.19. The molecule has 0 saturated carbocycles. The number of rotatable bonds is 4. The van der Waals surface area contributed by atoms with Crippen molar-refractivity contribution < 1.29 is 9.84 Å². The summed E-state index contributed by atoms with van der Waals surface area (Å²) in [4.78, 5) is 8.06. The Labute approximate surface area is 120 Å². The summed E-state index contributed by atoms with van der Waals surface area (Å²) in [6.45, 7) is 0. The van der Waals surface area contributed by atoms with Crippen LogP contribution in [0.15, 0.2) is 42.0 Å². The number of hydrogen-bond acceptors (Lipinski definition) is 5. The van der Waals surface area contributed by atoms with Gasteiger partial charge in [0.25, 0.3) is 0 Å². The second kappa shape index (κ2) is 5.56. The van der Waals surface area contributed by atoms with Gasteiger partial charge in [0.1, 0.15) is 12.4 Å². The lowest BCUT2D eigenvalue weighted by molar-refractivity contribution is 0.173. The van der Waals surface area contributed by atoms with Crippen LogP contribution in [0.3, 0.4) is 0 Å². The van der Waals surface area contributed by atoms with Gasteiger partial charge in [-0.1, -0.05) is 18.2 Å². The highest BCUT2D eigenvalue weighted by molar-refractivity contribution is 7.17. The van der Waals surface area contributed by atoms with Crippen LogP contribution in [-0.2, 0) is 6.42 Å². The quantitative estimate of drug-likeness (QED) is 0.801. The van der Waals surface area contributed by atoms with Gasteiger partial charge >= 0.3 is 0 Å². The molecule has 2 aromatic heterocycles. The molecule has 0 saturated heterocycles. The van der Waals surface area contributed by atoms with E-state index in [1.807, 2.05) is 12.1 Å². The Hall–Kier alpha value is -1.98. The topological polar surface area (TPSA) is 55.2 Å². The van der Waals surface area contributed by atoms with Gasteiger partial charge in [0.05, 0.1) is 12.8 Å². The highest BCUT2D eigenvalue weighted by Gasteiger charge is 2.14. The van der Waals surface area contributed by atoms with Crippen LogP contribution in [-0.4, -0.2) is 22.2 Å². The van der Waals surface area contributed by atoms with Crippen LogP contribution >= 0.6 is 11.3 Å². The van der Waals surface area contributed by atoms with Gasteiger partial charge < -0.3 is 9.84 Å². The minimum atomic E-state index is -0.662. The fourth-order valence-electron chi connectivity index (χ4n) is 2.15. The summed E-state index contributed by atoms with van der Waals surface area (Å²) < 4.78 is 6.28. The Morgan fingerprint density at radius 3 is 3.00 bits per heavy atom. The van der Waals surface area contributed by atoms with Crippen LogP contribution < -0.4 is 4.74 Å². The van der Waals surface area contributed by atoms with Crippen LogP contribution in [0.5, 0.6) is 5.88 Å². The van der Waals surface area contributed by atoms with Crippen molar-refractivity contribution in [1.82, 2.24) is 9.97 Å². The van der Waals surface area contributed by atoms with Crippen molar-refractivity contribution >= 4 is 21.4 Å². The van der Waals surface area contributed by atoms with Crippen molar-refractivity contribution in [3.05, 3.63) is 53.3 Å². The first-order chi connectivity index (χ1) is 9.78. The van der Waals surface area contributed by atoms with E-state index in [0.717, 1.165) is 5.56 Å². The number of methoxy groups -OCH3 is 1. The molecule has 1 atom stereocenters. The smallest absolute Gasteiger partial charge is 0.216 e. The summed E-state index contributed by atoms with van der Waals surface area (Å²) in [7, 11) is 1.55. The molecule has 3 aromatic rings.